The number of hydrogen-bond acceptors (Lipinski definition) is 4. The normalized spacial score (nSPS) is 12.5. The van der Waals surface area contributed by atoms with E-state index < -0.39 is 8.07 Å². The number of nitrogens with zero attached hydrogens (tertiary/aromatic N) is 3. The highest BCUT2D eigenvalue weighted by molar-refractivity contribution is 7.20. The van der Waals surface area contributed by atoms with E-state index in [1.807, 2.05) is 0 Å². The van der Waals surface area contributed by atoms with Gasteiger partial charge >= 0.3 is 0 Å². The van der Waals surface area contributed by atoms with Crippen LogP contribution < -0.4 is 35.4 Å². The predicted molar refractivity (Wildman–Crippen MR) is 388 cm³/mol. The summed E-state index contributed by atoms with van der Waals surface area (Å²) in [6, 6.07) is 91.5. The molecule has 0 bridgehead atoms. The molecular formula is C82H86ClN3SSi. The van der Waals surface area contributed by atoms with E-state index in [-0.39, 0.29) is 27.1 Å². The van der Waals surface area contributed by atoms with Gasteiger partial charge in [0.05, 0.1) is 22.1 Å². The SMILES string of the molecule is CC(C)(C)c1ccc(N(c2ccc(C(C)(C)C)cc2)c2cccc(N(c3ccc(C(C)(C)C)cc3)c3cc([Si](c4ccccc4)(c4ccccc4)c4ccccc4)cc(N(c4ccc(C(C)(C)C)cc4)c4csc5ccc(C(C)(C)C)cc45)c3Cl)c2)cc1. The number of anilines is 9. The highest BCUT2D eigenvalue weighted by Crippen LogP contribution is 2.51. The van der Waals surface area contributed by atoms with Crippen LogP contribution in [0.15, 0.2) is 248 Å². The molecule has 6 heteroatoms. The molecule has 0 aliphatic heterocycles. The van der Waals surface area contributed by atoms with E-state index in [1.54, 1.807) is 11.3 Å². The third-order valence-electron chi connectivity index (χ3n) is 17.5. The third-order valence-corrected chi connectivity index (χ3v) is 23.6. The molecule has 0 amide bonds. The van der Waals surface area contributed by atoms with Crippen LogP contribution in [0.2, 0.25) is 5.02 Å². The van der Waals surface area contributed by atoms with E-state index >= 15 is 0 Å². The van der Waals surface area contributed by atoms with Gasteiger partial charge in [0.1, 0.15) is 0 Å². The predicted octanol–water partition coefficient (Wildman–Crippen LogP) is 21.8. The molecular weight excluding hydrogens is 1120 g/mol. The fourth-order valence-corrected chi connectivity index (χ4v) is 18.3. The van der Waals surface area contributed by atoms with E-state index in [0.29, 0.717) is 5.02 Å². The van der Waals surface area contributed by atoms with Gasteiger partial charge in [0, 0.05) is 49.6 Å². The number of fused-ring (bicyclic) bond motifs is 1. The summed E-state index contributed by atoms with van der Waals surface area (Å²) in [5.41, 5.74) is 15.1. The molecule has 0 atom stereocenters. The molecule has 0 saturated heterocycles. The molecule has 11 rings (SSSR count). The van der Waals surface area contributed by atoms with Gasteiger partial charge in [0.2, 0.25) is 0 Å². The van der Waals surface area contributed by atoms with Crippen LogP contribution in [0.25, 0.3) is 10.1 Å². The Kier molecular flexibility index (Phi) is 16.7. The second-order valence-electron chi connectivity index (χ2n) is 29.0. The molecule has 446 valence electrons. The summed E-state index contributed by atoms with van der Waals surface area (Å²) in [5, 5.41) is 9.18. The molecule has 11 aromatic rings. The lowest BCUT2D eigenvalue weighted by Crippen LogP contribution is -2.74. The fraction of sp³-hybridized carbons (Fsp3) is 0.244. The van der Waals surface area contributed by atoms with E-state index in [4.69, 9.17) is 11.6 Å². The first-order valence-corrected chi connectivity index (χ1v) is 34.4. The zero-order chi connectivity index (χ0) is 62.6. The van der Waals surface area contributed by atoms with Crippen LogP contribution in [0.5, 0.6) is 0 Å². The van der Waals surface area contributed by atoms with Crippen LogP contribution in [0, 0.1) is 0 Å². The maximum absolute atomic E-state index is 8.71. The minimum atomic E-state index is -3.29. The third kappa shape index (κ3) is 12.3. The number of halogens is 1. The average molecular weight is 1210 g/mol. The molecule has 88 heavy (non-hydrogen) atoms. The smallest absolute Gasteiger partial charge is 0.179 e. The molecule has 0 aliphatic carbocycles. The van der Waals surface area contributed by atoms with Crippen LogP contribution in [0.1, 0.15) is 132 Å². The summed E-state index contributed by atoms with van der Waals surface area (Å²) in [5.74, 6) is 0. The molecule has 0 unspecified atom stereocenters. The molecule has 0 fully saturated rings. The van der Waals surface area contributed by atoms with Crippen LogP contribution >= 0.6 is 22.9 Å². The van der Waals surface area contributed by atoms with Crippen LogP contribution in [-0.2, 0) is 27.1 Å². The van der Waals surface area contributed by atoms with Crippen molar-refractivity contribution in [3.8, 4) is 0 Å². The van der Waals surface area contributed by atoms with Gasteiger partial charge in [-0.1, -0.05) is 267 Å². The van der Waals surface area contributed by atoms with E-state index in [1.165, 1.54) is 58.7 Å². The minimum Gasteiger partial charge on any atom is -0.310 e. The van der Waals surface area contributed by atoms with E-state index in [9.17, 15) is 0 Å². The quantitative estimate of drug-likeness (QED) is 0.0841. The van der Waals surface area contributed by atoms with Gasteiger partial charge in [0.25, 0.3) is 0 Å². The molecule has 0 radical (unpaired) electrons. The summed E-state index contributed by atoms with van der Waals surface area (Å²) < 4.78 is 1.22. The van der Waals surface area contributed by atoms with E-state index in [0.717, 1.165) is 51.2 Å². The molecule has 1 heterocycles. The average Bonchev–Trinajstić information content (AvgIpc) is 0.957. The van der Waals surface area contributed by atoms with Crippen molar-refractivity contribution in [1.82, 2.24) is 0 Å². The number of hydrogen-bond donors (Lipinski definition) is 0. The largest absolute Gasteiger partial charge is 0.310 e. The van der Waals surface area contributed by atoms with Crippen LogP contribution in [0.3, 0.4) is 0 Å². The van der Waals surface area contributed by atoms with Crippen LogP contribution in [-0.4, -0.2) is 8.07 Å². The van der Waals surface area contributed by atoms with Gasteiger partial charge < -0.3 is 14.7 Å². The zero-order valence-electron chi connectivity index (χ0n) is 54.3. The minimum absolute atomic E-state index is 0.00728. The van der Waals surface area contributed by atoms with Crippen molar-refractivity contribution in [2.45, 2.75) is 131 Å². The number of rotatable bonds is 13. The van der Waals surface area contributed by atoms with Crippen molar-refractivity contribution in [3.63, 3.8) is 0 Å². The highest BCUT2D eigenvalue weighted by Gasteiger charge is 2.43. The van der Waals surface area contributed by atoms with Gasteiger partial charge in [0.15, 0.2) is 8.07 Å². The fourth-order valence-electron chi connectivity index (χ4n) is 12.4. The maximum Gasteiger partial charge on any atom is 0.179 e. The second-order valence-corrected chi connectivity index (χ2v) is 34.1. The lowest BCUT2D eigenvalue weighted by Gasteiger charge is -2.38. The van der Waals surface area contributed by atoms with Gasteiger partial charge in [-0.05, 0) is 167 Å². The topological polar surface area (TPSA) is 9.72 Å². The molecule has 0 spiro atoms. The molecule has 10 aromatic carbocycles. The molecule has 0 saturated carbocycles. The Morgan fingerprint density at radius 1 is 0.284 bits per heavy atom. The van der Waals surface area contributed by atoms with E-state index in [2.05, 4.69) is 367 Å². The molecule has 1 aromatic heterocycles. The van der Waals surface area contributed by atoms with Gasteiger partial charge in [-0.15, -0.1) is 11.3 Å². The number of benzene rings is 10. The van der Waals surface area contributed by atoms with Gasteiger partial charge in [-0.25, -0.2) is 0 Å². The maximum atomic E-state index is 8.71. The Morgan fingerprint density at radius 2 is 0.614 bits per heavy atom. The first-order chi connectivity index (χ1) is 41.7. The Balaban J connectivity index is 1.28. The Labute approximate surface area is 536 Å². The van der Waals surface area contributed by atoms with Crippen molar-refractivity contribution in [2.75, 3.05) is 14.7 Å². The van der Waals surface area contributed by atoms with Crippen molar-refractivity contribution >= 4 is 113 Å². The first kappa shape index (κ1) is 61.7. The molecule has 0 aliphatic rings. The van der Waals surface area contributed by atoms with Gasteiger partial charge in [-0.2, -0.15) is 0 Å². The van der Waals surface area contributed by atoms with Crippen molar-refractivity contribution in [3.05, 3.63) is 281 Å². The molecule has 0 N–H and O–H groups in total. The highest BCUT2D eigenvalue weighted by atomic mass is 35.5. The van der Waals surface area contributed by atoms with Crippen LogP contribution in [0.4, 0.5) is 51.2 Å². The second kappa shape index (κ2) is 23.9. The Hall–Kier alpha value is -7.93. The first-order valence-electron chi connectivity index (χ1n) is 31.2. The summed E-state index contributed by atoms with van der Waals surface area (Å²) in [7, 11) is -3.29. The zero-order valence-corrected chi connectivity index (χ0v) is 56.9. The van der Waals surface area contributed by atoms with Crippen molar-refractivity contribution < 1.29 is 0 Å². The summed E-state index contributed by atoms with van der Waals surface area (Å²) >= 11 is 10.5. The van der Waals surface area contributed by atoms with Gasteiger partial charge in [-0.3, -0.25) is 0 Å². The Bertz CT molecular complexity index is 4040. The standard InChI is InChI=1S/C82H86ClN3SSi/c1-78(2,3)57-34-43-62(44-35-57)84(63-45-36-58(37-46-63)79(4,5)6)66-26-25-27-67(53-66)85(64-47-38-59(39-48-64)80(7,8)9)73-54-71(88(68-28-19-16-20-29-68,69-30-21-17-22-31-69)70-32-23-18-24-33-70)55-74(77(73)83)86(65-49-40-60(41-50-65)81(10,11)12)75-56-87-76-51-42-61(52-72(75)76)82(13,14)15/h16-56H,1-15H3. The lowest BCUT2D eigenvalue weighted by atomic mass is 9.86. The lowest BCUT2D eigenvalue weighted by molar-refractivity contribution is 0.590. The monoisotopic (exact) mass is 1210 g/mol. The summed E-state index contributed by atoms with van der Waals surface area (Å²) in [4.78, 5) is 7.30. The number of thiophene rings is 1. The molecule has 3 nitrogen and oxygen atoms in total. The summed E-state index contributed by atoms with van der Waals surface area (Å²) in [6.45, 7) is 34.3. The van der Waals surface area contributed by atoms with Crippen molar-refractivity contribution in [2.24, 2.45) is 0 Å². The summed E-state index contributed by atoms with van der Waals surface area (Å²) in [6.07, 6.45) is 0. The van der Waals surface area contributed by atoms with Crippen molar-refractivity contribution in [1.29, 1.82) is 0 Å². The Morgan fingerprint density at radius 3 is 0.989 bits per heavy atom.